The number of hydrogen-bond donors (Lipinski definition) is 1. The van der Waals surface area contributed by atoms with Crippen LogP contribution in [0.1, 0.15) is 19.4 Å². The first-order chi connectivity index (χ1) is 13.0. The third-order valence-electron chi connectivity index (χ3n) is 5.86. The van der Waals surface area contributed by atoms with Gasteiger partial charge in [-0.15, -0.1) is 0 Å². The van der Waals surface area contributed by atoms with E-state index in [9.17, 15) is 9.59 Å². The summed E-state index contributed by atoms with van der Waals surface area (Å²) < 4.78 is 0. The average Bonchev–Trinajstić information content (AvgIpc) is 2.63. The van der Waals surface area contributed by atoms with Gasteiger partial charge in [0.1, 0.15) is 0 Å². The molecule has 27 heavy (non-hydrogen) atoms. The summed E-state index contributed by atoms with van der Waals surface area (Å²) in [5.41, 5.74) is 1.33. The number of piperazine rings is 1. The number of carbonyl (C=O) groups excluding carboxylic acids is 2. The van der Waals surface area contributed by atoms with E-state index in [1.807, 2.05) is 18.0 Å². The molecule has 0 saturated carbocycles. The van der Waals surface area contributed by atoms with E-state index in [-0.39, 0.29) is 24.4 Å². The molecule has 2 unspecified atom stereocenters. The summed E-state index contributed by atoms with van der Waals surface area (Å²) >= 11 is 0. The van der Waals surface area contributed by atoms with Crippen molar-refractivity contribution in [3.8, 4) is 0 Å². The summed E-state index contributed by atoms with van der Waals surface area (Å²) in [5, 5.41) is 3.05. The number of carbonyl (C=O) groups is 2. The van der Waals surface area contributed by atoms with Crippen LogP contribution in [0.4, 0.5) is 0 Å². The molecule has 0 aliphatic carbocycles. The Morgan fingerprint density at radius 1 is 1.19 bits per heavy atom. The number of nitrogens with zero attached hydrogens (tertiary/aromatic N) is 3. The number of rotatable bonds is 5. The highest BCUT2D eigenvalue weighted by Crippen LogP contribution is 2.27. The maximum atomic E-state index is 12.8. The maximum Gasteiger partial charge on any atom is 0.242 e. The van der Waals surface area contributed by atoms with Crippen LogP contribution in [0.5, 0.6) is 0 Å². The molecule has 2 aliphatic rings. The van der Waals surface area contributed by atoms with E-state index in [4.69, 9.17) is 0 Å². The van der Waals surface area contributed by atoms with E-state index >= 15 is 0 Å². The smallest absolute Gasteiger partial charge is 0.242 e. The van der Waals surface area contributed by atoms with Gasteiger partial charge in [-0.2, -0.15) is 0 Å². The van der Waals surface area contributed by atoms with Crippen molar-refractivity contribution in [3.05, 3.63) is 35.9 Å². The monoisotopic (exact) mass is 372 g/mol. The highest BCUT2D eigenvalue weighted by molar-refractivity contribution is 5.86. The molecule has 3 rings (SSSR count). The summed E-state index contributed by atoms with van der Waals surface area (Å²) in [4.78, 5) is 30.8. The van der Waals surface area contributed by atoms with Gasteiger partial charge in [-0.3, -0.25) is 14.5 Å². The molecule has 1 N–H and O–H groups in total. The second-order valence-corrected chi connectivity index (χ2v) is 8.12. The number of likely N-dealkylation sites (tertiary alicyclic amines) is 1. The molecule has 2 saturated heterocycles. The van der Waals surface area contributed by atoms with E-state index in [0.717, 1.165) is 26.2 Å². The summed E-state index contributed by atoms with van der Waals surface area (Å²) in [6, 6.07) is 10.8. The Bertz CT molecular complexity index is 639. The summed E-state index contributed by atoms with van der Waals surface area (Å²) in [5.74, 6) is 0.850. The van der Waals surface area contributed by atoms with Gasteiger partial charge in [-0.05, 0) is 17.4 Å². The summed E-state index contributed by atoms with van der Waals surface area (Å²) in [6.45, 7) is 9.28. The molecule has 2 amide bonds. The van der Waals surface area contributed by atoms with Gasteiger partial charge in [0.15, 0.2) is 0 Å². The highest BCUT2D eigenvalue weighted by atomic mass is 16.2. The number of amides is 2. The number of benzene rings is 1. The molecule has 0 spiro atoms. The van der Waals surface area contributed by atoms with Crippen LogP contribution in [0.25, 0.3) is 0 Å². The van der Waals surface area contributed by atoms with Crippen LogP contribution in [0.2, 0.25) is 0 Å². The average molecular weight is 373 g/mol. The zero-order chi connectivity index (χ0) is 19.4. The van der Waals surface area contributed by atoms with Gasteiger partial charge in [0.2, 0.25) is 11.8 Å². The van der Waals surface area contributed by atoms with E-state index in [1.54, 1.807) is 4.90 Å². The number of likely N-dealkylation sites (N-methyl/N-ethyl adjacent to an activating group) is 1. The van der Waals surface area contributed by atoms with Gasteiger partial charge in [0, 0.05) is 45.8 Å². The molecule has 0 aromatic heterocycles. The molecule has 2 atom stereocenters. The maximum absolute atomic E-state index is 12.8. The largest absolute Gasteiger partial charge is 0.341 e. The topological polar surface area (TPSA) is 55.9 Å². The zero-order valence-electron chi connectivity index (χ0n) is 16.7. The second-order valence-electron chi connectivity index (χ2n) is 8.12. The SMILES string of the molecule is CC1CN(Cc2ccccc2)CC(C)C1N(C)C(=O)CN1CCNCC1=O. The molecule has 1 aromatic carbocycles. The standard InChI is InChI=1S/C21H32N4O2/c1-16-12-24(14-18-7-5-4-6-8-18)13-17(2)21(16)23(3)20(27)15-25-10-9-22-11-19(25)26/h4-8,16-17,21-22H,9-15H2,1-3H3. The van der Waals surface area contributed by atoms with Crippen molar-refractivity contribution in [3.63, 3.8) is 0 Å². The third kappa shape index (κ3) is 4.87. The molecular weight excluding hydrogens is 340 g/mol. The number of piperidine rings is 1. The fourth-order valence-corrected chi connectivity index (χ4v) is 4.65. The Balaban J connectivity index is 1.57. The zero-order valence-corrected chi connectivity index (χ0v) is 16.7. The van der Waals surface area contributed by atoms with Gasteiger partial charge in [-0.25, -0.2) is 0 Å². The van der Waals surface area contributed by atoms with E-state index in [1.165, 1.54) is 5.56 Å². The van der Waals surface area contributed by atoms with Crippen LogP contribution >= 0.6 is 0 Å². The first-order valence-electron chi connectivity index (χ1n) is 9.96. The molecule has 0 bridgehead atoms. The van der Waals surface area contributed by atoms with Crippen molar-refractivity contribution in [1.29, 1.82) is 0 Å². The normalized spacial score (nSPS) is 26.9. The Morgan fingerprint density at radius 3 is 2.48 bits per heavy atom. The van der Waals surface area contributed by atoms with Gasteiger partial charge < -0.3 is 15.1 Å². The predicted octanol–water partition coefficient (Wildman–Crippen LogP) is 1.03. The molecule has 148 valence electrons. The van der Waals surface area contributed by atoms with Crippen LogP contribution in [-0.4, -0.2) is 78.9 Å². The highest BCUT2D eigenvalue weighted by Gasteiger charge is 2.37. The molecule has 1 aromatic rings. The van der Waals surface area contributed by atoms with E-state index in [0.29, 0.717) is 24.9 Å². The summed E-state index contributed by atoms with van der Waals surface area (Å²) in [7, 11) is 1.90. The minimum atomic E-state index is 0.0155. The minimum absolute atomic E-state index is 0.0155. The number of hydrogen-bond acceptors (Lipinski definition) is 4. The Labute approximate surface area is 162 Å². The van der Waals surface area contributed by atoms with Crippen molar-refractivity contribution in [1.82, 2.24) is 20.0 Å². The van der Waals surface area contributed by atoms with Crippen molar-refractivity contribution >= 4 is 11.8 Å². The predicted molar refractivity (Wildman–Crippen MR) is 106 cm³/mol. The van der Waals surface area contributed by atoms with E-state index < -0.39 is 0 Å². The first kappa shape index (κ1) is 19.8. The Hall–Kier alpha value is -1.92. The van der Waals surface area contributed by atoms with Gasteiger partial charge >= 0.3 is 0 Å². The molecular formula is C21H32N4O2. The van der Waals surface area contributed by atoms with Gasteiger partial charge in [0.25, 0.3) is 0 Å². The molecule has 6 nitrogen and oxygen atoms in total. The fraction of sp³-hybridized carbons (Fsp3) is 0.619. The lowest BCUT2D eigenvalue weighted by Gasteiger charge is -2.46. The first-order valence-corrected chi connectivity index (χ1v) is 9.96. The van der Waals surface area contributed by atoms with Crippen LogP contribution in [0.3, 0.4) is 0 Å². The van der Waals surface area contributed by atoms with Crippen molar-refractivity contribution in [2.24, 2.45) is 11.8 Å². The Kier molecular flexibility index (Phi) is 6.50. The molecule has 0 radical (unpaired) electrons. The molecule has 2 fully saturated rings. The van der Waals surface area contributed by atoms with Crippen molar-refractivity contribution in [2.75, 3.05) is 46.3 Å². The van der Waals surface area contributed by atoms with Crippen molar-refractivity contribution < 1.29 is 9.59 Å². The van der Waals surface area contributed by atoms with Gasteiger partial charge in [-0.1, -0.05) is 44.2 Å². The summed E-state index contributed by atoms with van der Waals surface area (Å²) in [6.07, 6.45) is 0. The van der Waals surface area contributed by atoms with Gasteiger partial charge in [0.05, 0.1) is 13.1 Å². The lowest BCUT2D eigenvalue weighted by molar-refractivity contribution is -0.143. The van der Waals surface area contributed by atoms with Crippen molar-refractivity contribution in [2.45, 2.75) is 26.4 Å². The van der Waals surface area contributed by atoms with Crippen LogP contribution in [-0.2, 0) is 16.1 Å². The Morgan fingerprint density at radius 2 is 1.85 bits per heavy atom. The van der Waals surface area contributed by atoms with Crippen LogP contribution in [0, 0.1) is 11.8 Å². The second kappa shape index (κ2) is 8.85. The molecule has 2 aliphatic heterocycles. The minimum Gasteiger partial charge on any atom is -0.341 e. The third-order valence-corrected chi connectivity index (χ3v) is 5.86. The molecule has 6 heteroatoms. The van der Waals surface area contributed by atoms with Crippen LogP contribution < -0.4 is 5.32 Å². The van der Waals surface area contributed by atoms with E-state index in [2.05, 4.69) is 48.3 Å². The fourth-order valence-electron chi connectivity index (χ4n) is 4.65. The lowest BCUT2D eigenvalue weighted by Crippen LogP contribution is -2.57. The lowest BCUT2D eigenvalue weighted by atomic mass is 9.84. The molecule has 2 heterocycles. The quantitative estimate of drug-likeness (QED) is 0.839. The van der Waals surface area contributed by atoms with Crippen LogP contribution in [0.15, 0.2) is 30.3 Å². The number of nitrogens with one attached hydrogen (secondary N) is 1.